The molecule has 0 aliphatic carbocycles. The number of rotatable bonds is 8. The van der Waals surface area contributed by atoms with E-state index in [1.54, 1.807) is 17.7 Å². The molecule has 2 heterocycles. The average Bonchev–Trinajstić information content (AvgIpc) is 2.94. The highest BCUT2D eigenvalue weighted by atomic mass is 32.2. The number of aryl methyl sites for hydroxylation is 2. The summed E-state index contributed by atoms with van der Waals surface area (Å²) in [4.78, 5) is 11.0. The molecule has 0 saturated carbocycles. The number of thiophene rings is 1. The number of hydrogen-bond acceptors (Lipinski definition) is 7. The predicted molar refractivity (Wildman–Crippen MR) is 107 cm³/mol. The summed E-state index contributed by atoms with van der Waals surface area (Å²) < 4.78 is 11.1. The van der Waals surface area contributed by atoms with E-state index in [0.29, 0.717) is 18.1 Å². The smallest absolute Gasteiger partial charge is 0.128 e. The van der Waals surface area contributed by atoms with Crippen molar-refractivity contribution in [2.24, 2.45) is 0 Å². The van der Waals surface area contributed by atoms with Gasteiger partial charge < -0.3 is 14.6 Å². The third-order valence-electron chi connectivity index (χ3n) is 3.92. The van der Waals surface area contributed by atoms with Crippen LogP contribution in [0, 0.1) is 13.8 Å². The molecule has 26 heavy (non-hydrogen) atoms. The normalized spacial score (nSPS) is 12.3. The quantitative estimate of drug-likeness (QED) is 0.458. The van der Waals surface area contributed by atoms with Crippen LogP contribution >= 0.6 is 23.1 Å². The van der Waals surface area contributed by atoms with Crippen LogP contribution in [-0.4, -0.2) is 40.1 Å². The van der Waals surface area contributed by atoms with E-state index in [2.05, 4.69) is 23.8 Å². The number of aliphatic hydroxyl groups excluding tert-OH is 1. The minimum atomic E-state index is -0.586. The molecule has 0 bridgehead atoms. The summed E-state index contributed by atoms with van der Waals surface area (Å²) in [5.41, 5.74) is 1.22. The summed E-state index contributed by atoms with van der Waals surface area (Å²) >= 11 is 3.21. The molecule has 7 heteroatoms. The Balaban J connectivity index is 1.55. The number of benzene rings is 1. The maximum absolute atomic E-state index is 10.2. The van der Waals surface area contributed by atoms with E-state index >= 15 is 0 Å². The molecule has 0 saturated heterocycles. The summed E-state index contributed by atoms with van der Waals surface area (Å²) in [7, 11) is 0. The van der Waals surface area contributed by atoms with E-state index in [0.717, 1.165) is 21.0 Å². The molecule has 138 valence electrons. The molecular formula is C19H22N2O3S2. The van der Waals surface area contributed by atoms with Crippen molar-refractivity contribution < 1.29 is 14.6 Å². The van der Waals surface area contributed by atoms with Crippen LogP contribution in [0.4, 0.5) is 0 Å². The maximum atomic E-state index is 10.2. The van der Waals surface area contributed by atoms with E-state index in [9.17, 15) is 5.11 Å². The van der Waals surface area contributed by atoms with Crippen molar-refractivity contribution in [2.45, 2.75) is 31.9 Å². The van der Waals surface area contributed by atoms with E-state index in [-0.39, 0.29) is 6.61 Å². The van der Waals surface area contributed by atoms with E-state index in [4.69, 9.17) is 9.47 Å². The van der Waals surface area contributed by atoms with Gasteiger partial charge in [0.1, 0.15) is 34.3 Å². The lowest BCUT2D eigenvalue weighted by molar-refractivity contribution is 0.126. The largest absolute Gasteiger partial charge is 0.494 e. The third kappa shape index (κ3) is 4.47. The van der Waals surface area contributed by atoms with Gasteiger partial charge in [0.15, 0.2) is 0 Å². The second-order valence-electron chi connectivity index (χ2n) is 5.82. The van der Waals surface area contributed by atoms with Crippen molar-refractivity contribution >= 4 is 33.3 Å². The molecule has 0 radical (unpaired) electrons. The Bertz CT molecular complexity index is 865. The lowest BCUT2D eigenvalue weighted by Crippen LogP contribution is -2.20. The molecule has 2 aromatic heterocycles. The van der Waals surface area contributed by atoms with Crippen molar-refractivity contribution in [3.63, 3.8) is 0 Å². The van der Waals surface area contributed by atoms with Crippen LogP contribution in [0.2, 0.25) is 0 Å². The van der Waals surface area contributed by atoms with Gasteiger partial charge in [-0.05, 0) is 50.6 Å². The molecule has 1 N–H and O–H groups in total. The van der Waals surface area contributed by atoms with Crippen molar-refractivity contribution in [1.82, 2.24) is 9.97 Å². The van der Waals surface area contributed by atoms with Crippen molar-refractivity contribution in [1.29, 1.82) is 0 Å². The zero-order valence-corrected chi connectivity index (χ0v) is 16.7. The molecule has 1 aromatic carbocycles. The van der Waals surface area contributed by atoms with Crippen LogP contribution in [0.5, 0.6) is 11.5 Å². The van der Waals surface area contributed by atoms with Crippen LogP contribution in [0.3, 0.4) is 0 Å². The highest BCUT2D eigenvalue weighted by molar-refractivity contribution is 7.99. The van der Waals surface area contributed by atoms with Gasteiger partial charge in [0.05, 0.1) is 12.7 Å². The third-order valence-corrected chi connectivity index (χ3v) is 6.17. The molecule has 0 aliphatic heterocycles. The number of thioether (sulfide) groups is 1. The predicted octanol–water partition coefficient (Wildman–Crippen LogP) is 4.24. The highest BCUT2D eigenvalue weighted by Crippen LogP contribution is 2.34. The summed E-state index contributed by atoms with van der Waals surface area (Å²) in [6, 6.07) is 7.41. The van der Waals surface area contributed by atoms with Crippen LogP contribution in [0.1, 0.15) is 17.4 Å². The molecule has 0 amide bonds. The summed E-state index contributed by atoms with van der Waals surface area (Å²) in [6.45, 7) is 7.00. The highest BCUT2D eigenvalue weighted by Gasteiger charge is 2.14. The lowest BCUT2D eigenvalue weighted by Gasteiger charge is -2.12. The zero-order chi connectivity index (χ0) is 18.5. The SMILES string of the molecule is CCOc1ccc(OCC(O)CSc2ncnc3sc(C)c(C)c23)cc1. The van der Waals surface area contributed by atoms with Gasteiger partial charge in [-0.3, -0.25) is 0 Å². The van der Waals surface area contributed by atoms with Crippen molar-refractivity contribution in [2.75, 3.05) is 19.0 Å². The van der Waals surface area contributed by atoms with Gasteiger partial charge in [0.2, 0.25) is 0 Å². The fourth-order valence-electron chi connectivity index (χ4n) is 2.47. The van der Waals surface area contributed by atoms with Gasteiger partial charge in [-0.1, -0.05) is 0 Å². The molecule has 0 fully saturated rings. The Kier molecular flexibility index (Phi) is 6.34. The van der Waals surface area contributed by atoms with Crippen LogP contribution in [0.15, 0.2) is 35.6 Å². The Hall–Kier alpha value is -1.83. The van der Waals surface area contributed by atoms with Crippen molar-refractivity contribution in [3.8, 4) is 11.5 Å². The van der Waals surface area contributed by atoms with Gasteiger partial charge >= 0.3 is 0 Å². The molecule has 0 spiro atoms. The zero-order valence-electron chi connectivity index (χ0n) is 15.1. The Morgan fingerprint density at radius 1 is 1.12 bits per heavy atom. The number of nitrogens with zero attached hydrogens (tertiary/aromatic N) is 2. The molecule has 0 aliphatic rings. The van der Waals surface area contributed by atoms with E-state index < -0.39 is 6.10 Å². The number of aliphatic hydroxyl groups is 1. The number of fused-ring (bicyclic) bond motifs is 1. The first-order chi connectivity index (χ1) is 12.6. The molecule has 1 atom stereocenters. The van der Waals surface area contributed by atoms with Gasteiger partial charge in [-0.15, -0.1) is 23.1 Å². The van der Waals surface area contributed by atoms with Crippen LogP contribution in [-0.2, 0) is 0 Å². The van der Waals surface area contributed by atoms with Crippen LogP contribution < -0.4 is 9.47 Å². The maximum Gasteiger partial charge on any atom is 0.128 e. The lowest BCUT2D eigenvalue weighted by atomic mass is 10.2. The first kappa shape index (κ1) is 18.9. The summed E-state index contributed by atoms with van der Waals surface area (Å²) in [6.07, 6.45) is 1.000. The molecule has 5 nitrogen and oxygen atoms in total. The van der Waals surface area contributed by atoms with Gasteiger partial charge in [0.25, 0.3) is 0 Å². The van der Waals surface area contributed by atoms with Gasteiger partial charge in [0, 0.05) is 16.0 Å². The minimum absolute atomic E-state index is 0.233. The molecule has 3 aromatic rings. The number of ether oxygens (including phenoxy) is 2. The fraction of sp³-hybridized carbons (Fsp3) is 0.368. The van der Waals surface area contributed by atoms with Crippen LogP contribution in [0.25, 0.3) is 10.2 Å². The molecular weight excluding hydrogens is 368 g/mol. The standard InChI is InChI=1S/C19H22N2O3S2/c1-4-23-15-5-7-16(8-6-15)24-9-14(22)10-25-18-17-12(2)13(3)26-19(17)21-11-20-18/h5-8,11,14,22H,4,9-10H2,1-3H3. The van der Waals surface area contributed by atoms with Gasteiger partial charge in [-0.2, -0.15) is 0 Å². The first-order valence-electron chi connectivity index (χ1n) is 8.45. The van der Waals surface area contributed by atoms with Crippen molar-refractivity contribution in [3.05, 3.63) is 41.0 Å². The summed E-state index contributed by atoms with van der Waals surface area (Å²) in [5.74, 6) is 2.04. The minimum Gasteiger partial charge on any atom is -0.494 e. The number of hydrogen-bond donors (Lipinski definition) is 1. The second-order valence-corrected chi connectivity index (χ2v) is 8.03. The first-order valence-corrected chi connectivity index (χ1v) is 10.3. The monoisotopic (exact) mass is 390 g/mol. The Morgan fingerprint density at radius 3 is 2.50 bits per heavy atom. The Labute approximate surface area is 161 Å². The van der Waals surface area contributed by atoms with Gasteiger partial charge in [-0.25, -0.2) is 9.97 Å². The summed E-state index contributed by atoms with van der Waals surface area (Å²) in [5, 5.41) is 12.3. The fourth-order valence-corrected chi connectivity index (χ4v) is 4.50. The Morgan fingerprint density at radius 2 is 1.81 bits per heavy atom. The average molecular weight is 391 g/mol. The van der Waals surface area contributed by atoms with E-state index in [1.807, 2.05) is 31.2 Å². The second kappa shape index (κ2) is 8.70. The topological polar surface area (TPSA) is 64.5 Å². The van der Waals surface area contributed by atoms with E-state index in [1.165, 1.54) is 22.2 Å². The molecule has 3 rings (SSSR count). The number of aromatic nitrogens is 2. The molecule has 1 unspecified atom stereocenters.